The summed E-state index contributed by atoms with van der Waals surface area (Å²) >= 11 is 0. The topological polar surface area (TPSA) is 88.6 Å². The highest BCUT2D eigenvalue weighted by molar-refractivity contribution is 7.90. The maximum absolute atomic E-state index is 11.7. The van der Waals surface area contributed by atoms with Crippen LogP contribution in [0.3, 0.4) is 0 Å². The molecule has 0 saturated heterocycles. The van der Waals surface area contributed by atoms with Gasteiger partial charge in [0.1, 0.15) is 0 Å². The number of sulfone groups is 1. The number of benzene rings is 1. The van der Waals surface area contributed by atoms with Crippen LogP contribution in [0.1, 0.15) is 10.4 Å². The Bertz CT molecular complexity index is 651. The summed E-state index contributed by atoms with van der Waals surface area (Å²) < 4.78 is 44.7. The average Bonchev–Trinajstić information content (AvgIpc) is 2.26. The Hall–Kier alpha value is -1.41. The molecular weight excluding hydrogens is 278 g/mol. The summed E-state index contributed by atoms with van der Waals surface area (Å²) in [5.41, 5.74) is 0.0251. The molecule has 6 nitrogen and oxygen atoms in total. The molecule has 0 aliphatic heterocycles. The standard InChI is InChI=1S/C10H13NO5S2/c1-11(2)10(12)7-4-8(17(13)14)6-9(5-7)18(3,15)16/h4-6,17H,1-3H3. The number of thiol groups is 1. The molecule has 0 radical (unpaired) electrons. The monoisotopic (exact) mass is 291 g/mol. The zero-order valence-electron chi connectivity index (χ0n) is 10.1. The largest absolute Gasteiger partial charge is 0.345 e. The lowest BCUT2D eigenvalue weighted by Crippen LogP contribution is -2.22. The molecular formula is C10H13NO5S2. The van der Waals surface area contributed by atoms with Crippen LogP contribution >= 0.6 is 0 Å². The van der Waals surface area contributed by atoms with Crippen LogP contribution in [0.5, 0.6) is 0 Å². The van der Waals surface area contributed by atoms with Crippen molar-refractivity contribution in [2.24, 2.45) is 0 Å². The highest BCUT2D eigenvalue weighted by Gasteiger charge is 2.16. The van der Waals surface area contributed by atoms with E-state index in [1.54, 1.807) is 0 Å². The van der Waals surface area contributed by atoms with Crippen LogP contribution in [-0.2, 0) is 20.5 Å². The molecule has 1 amide bonds. The van der Waals surface area contributed by atoms with Crippen molar-refractivity contribution >= 4 is 26.4 Å². The molecule has 0 unspecified atom stereocenters. The number of amides is 1. The molecule has 0 aromatic heterocycles. The average molecular weight is 291 g/mol. The lowest BCUT2D eigenvalue weighted by atomic mass is 10.2. The van der Waals surface area contributed by atoms with Crippen molar-refractivity contribution in [3.63, 3.8) is 0 Å². The third-order valence-electron chi connectivity index (χ3n) is 2.18. The predicted molar refractivity (Wildman–Crippen MR) is 66.2 cm³/mol. The van der Waals surface area contributed by atoms with E-state index in [1.165, 1.54) is 25.1 Å². The van der Waals surface area contributed by atoms with Gasteiger partial charge in [-0.3, -0.25) is 4.79 Å². The highest BCUT2D eigenvalue weighted by Crippen LogP contribution is 2.17. The molecule has 0 saturated carbocycles. The molecule has 8 heteroatoms. The van der Waals surface area contributed by atoms with E-state index >= 15 is 0 Å². The third-order valence-corrected chi connectivity index (χ3v) is 3.96. The van der Waals surface area contributed by atoms with Gasteiger partial charge in [-0.25, -0.2) is 16.8 Å². The fourth-order valence-electron chi connectivity index (χ4n) is 1.28. The van der Waals surface area contributed by atoms with E-state index in [-0.39, 0.29) is 15.4 Å². The molecule has 0 aliphatic rings. The van der Waals surface area contributed by atoms with E-state index in [1.807, 2.05) is 0 Å². The SMILES string of the molecule is CN(C)C(=O)c1cc([SH](=O)=O)cc(S(C)(=O)=O)c1. The maximum atomic E-state index is 11.7. The van der Waals surface area contributed by atoms with Crippen LogP contribution in [0, 0.1) is 0 Å². The van der Waals surface area contributed by atoms with Gasteiger partial charge in [0.25, 0.3) is 5.91 Å². The first-order valence-corrected chi connectivity index (χ1v) is 7.91. The van der Waals surface area contributed by atoms with Gasteiger partial charge in [0.15, 0.2) is 20.5 Å². The van der Waals surface area contributed by atoms with Gasteiger partial charge in [-0.2, -0.15) is 0 Å². The first-order valence-electron chi connectivity index (χ1n) is 4.84. The summed E-state index contributed by atoms with van der Waals surface area (Å²) in [6, 6.07) is 3.36. The predicted octanol–water partition coefficient (Wildman–Crippen LogP) is -0.238. The fourth-order valence-corrected chi connectivity index (χ4v) is 2.54. The second-order valence-corrected chi connectivity index (χ2v) is 6.99. The zero-order chi connectivity index (χ0) is 14.1. The van der Waals surface area contributed by atoms with Crippen LogP contribution in [0.2, 0.25) is 0 Å². The summed E-state index contributed by atoms with van der Waals surface area (Å²) in [5.74, 6) is -0.460. The second kappa shape index (κ2) is 5.07. The fraction of sp³-hybridized carbons (Fsp3) is 0.300. The molecule has 0 aliphatic carbocycles. The Labute approximate surface area is 107 Å². The first kappa shape index (κ1) is 14.7. The van der Waals surface area contributed by atoms with Gasteiger partial charge >= 0.3 is 0 Å². The van der Waals surface area contributed by atoms with E-state index in [2.05, 4.69) is 0 Å². The van der Waals surface area contributed by atoms with Gasteiger partial charge < -0.3 is 4.90 Å². The van der Waals surface area contributed by atoms with Crippen molar-refractivity contribution in [1.29, 1.82) is 0 Å². The number of hydrogen-bond acceptors (Lipinski definition) is 5. The van der Waals surface area contributed by atoms with Crippen molar-refractivity contribution in [2.75, 3.05) is 20.4 Å². The number of hydrogen-bond donors (Lipinski definition) is 1. The molecule has 1 aromatic rings. The highest BCUT2D eigenvalue weighted by atomic mass is 32.2. The minimum Gasteiger partial charge on any atom is -0.345 e. The van der Waals surface area contributed by atoms with E-state index in [4.69, 9.17) is 0 Å². The van der Waals surface area contributed by atoms with Crippen LogP contribution < -0.4 is 0 Å². The summed E-state index contributed by atoms with van der Waals surface area (Å²) in [6.45, 7) is 0. The number of carbonyl (C=O) groups is 1. The van der Waals surface area contributed by atoms with Crippen LogP contribution in [-0.4, -0.2) is 48.0 Å². The molecule has 18 heavy (non-hydrogen) atoms. The Kier molecular flexibility index (Phi) is 4.12. The van der Waals surface area contributed by atoms with Crippen molar-refractivity contribution in [3.8, 4) is 0 Å². The molecule has 0 atom stereocenters. The quantitative estimate of drug-likeness (QED) is 0.777. The van der Waals surface area contributed by atoms with Gasteiger partial charge in [-0.15, -0.1) is 0 Å². The van der Waals surface area contributed by atoms with Crippen molar-refractivity contribution in [1.82, 2.24) is 4.90 Å². The minimum atomic E-state index is -3.58. The molecule has 0 fully saturated rings. The zero-order valence-corrected chi connectivity index (χ0v) is 11.8. The minimum absolute atomic E-state index is 0.0251. The summed E-state index contributed by atoms with van der Waals surface area (Å²) in [5, 5.41) is 0. The maximum Gasteiger partial charge on any atom is 0.253 e. The van der Waals surface area contributed by atoms with E-state index in [0.29, 0.717) is 0 Å². The Morgan fingerprint density at radius 1 is 1.17 bits per heavy atom. The van der Waals surface area contributed by atoms with Crippen molar-refractivity contribution in [2.45, 2.75) is 9.79 Å². The van der Waals surface area contributed by atoms with Crippen molar-refractivity contribution < 1.29 is 21.6 Å². The van der Waals surface area contributed by atoms with Crippen LogP contribution in [0.25, 0.3) is 0 Å². The van der Waals surface area contributed by atoms with Crippen LogP contribution in [0.15, 0.2) is 28.0 Å². The lowest BCUT2D eigenvalue weighted by Gasteiger charge is -2.11. The summed E-state index contributed by atoms with van der Waals surface area (Å²) in [7, 11) is -3.55. The third kappa shape index (κ3) is 3.30. The number of carbonyl (C=O) groups excluding carboxylic acids is 1. The Morgan fingerprint density at radius 3 is 2.11 bits per heavy atom. The molecule has 1 rings (SSSR count). The van der Waals surface area contributed by atoms with Gasteiger partial charge in [0, 0.05) is 25.9 Å². The van der Waals surface area contributed by atoms with Crippen LogP contribution in [0.4, 0.5) is 0 Å². The lowest BCUT2D eigenvalue weighted by molar-refractivity contribution is 0.0827. The van der Waals surface area contributed by atoms with E-state index in [0.717, 1.165) is 18.4 Å². The van der Waals surface area contributed by atoms with Gasteiger partial charge in [0.05, 0.1) is 9.79 Å². The number of nitrogens with zero attached hydrogens (tertiary/aromatic N) is 1. The summed E-state index contributed by atoms with van der Waals surface area (Å²) in [6.07, 6.45) is 0.952. The smallest absolute Gasteiger partial charge is 0.253 e. The van der Waals surface area contributed by atoms with Crippen molar-refractivity contribution in [3.05, 3.63) is 23.8 Å². The Morgan fingerprint density at radius 2 is 1.72 bits per heavy atom. The number of rotatable bonds is 3. The Balaban J connectivity index is 3.55. The molecule has 0 spiro atoms. The van der Waals surface area contributed by atoms with E-state index in [9.17, 15) is 21.6 Å². The van der Waals surface area contributed by atoms with Gasteiger partial charge in [0.2, 0.25) is 0 Å². The van der Waals surface area contributed by atoms with E-state index < -0.39 is 26.4 Å². The second-order valence-electron chi connectivity index (χ2n) is 3.94. The normalized spacial score (nSPS) is 11.6. The van der Waals surface area contributed by atoms with Gasteiger partial charge in [-0.05, 0) is 18.2 Å². The van der Waals surface area contributed by atoms with Gasteiger partial charge in [-0.1, -0.05) is 0 Å². The molecule has 1 aromatic carbocycles. The molecule has 0 heterocycles. The molecule has 100 valence electrons. The summed E-state index contributed by atoms with van der Waals surface area (Å²) in [4.78, 5) is 12.6. The molecule has 0 N–H and O–H groups in total. The molecule has 0 bridgehead atoms. The first-order chi connectivity index (χ1) is 8.12.